The molecule has 0 aromatic rings. The smallest absolute Gasteiger partial charge is 0.0120 e. The van der Waals surface area contributed by atoms with Crippen LogP contribution in [0.4, 0.5) is 0 Å². The molecule has 0 saturated carbocycles. The molecule has 0 bridgehead atoms. The molecule has 21 heavy (non-hydrogen) atoms. The van der Waals surface area contributed by atoms with Gasteiger partial charge < -0.3 is 20.0 Å². The number of piperazine rings is 1. The maximum absolute atomic E-state index is 3.46. The van der Waals surface area contributed by atoms with Crippen molar-refractivity contribution in [1.82, 2.24) is 20.0 Å². The van der Waals surface area contributed by atoms with Crippen molar-refractivity contribution in [3.8, 4) is 0 Å². The van der Waals surface area contributed by atoms with Gasteiger partial charge in [0.1, 0.15) is 0 Å². The minimum atomic E-state index is 0.882. The van der Waals surface area contributed by atoms with Crippen molar-refractivity contribution in [3.63, 3.8) is 0 Å². The number of piperidine rings is 2. The number of likely N-dealkylation sites (tertiary alicyclic amines) is 2. The molecule has 122 valence electrons. The summed E-state index contributed by atoms with van der Waals surface area (Å²) in [6.07, 6.45) is 5.66. The maximum Gasteiger partial charge on any atom is 0.0120 e. The summed E-state index contributed by atoms with van der Waals surface area (Å²) < 4.78 is 0. The van der Waals surface area contributed by atoms with Gasteiger partial charge in [-0.1, -0.05) is 6.92 Å². The van der Waals surface area contributed by atoms with Crippen LogP contribution in [0.1, 0.15) is 32.6 Å². The summed E-state index contributed by atoms with van der Waals surface area (Å²) in [7, 11) is 0. The first-order valence-corrected chi connectivity index (χ1v) is 9.24. The van der Waals surface area contributed by atoms with Crippen LogP contribution >= 0.6 is 0 Å². The summed E-state index contributed by atoms with van der Waals surface area (Å²) in [4.78, 5) is 8.09. The summed E-state index contributed by atoms with van der Waals surface area (Å²) in [6, 6.07) is 0.882. The molecule has 0 spiro atoms. The molecule has 0 amide bonds. The number of hydrogen-bond donors (Lipinski definition) is 1. The Morgan fingerprint density at radius 1 is 0.810 bits per heavy atom. The molecule has 0 atom stereocenters. The minimum Gasteiger partial charge on any atom is -0.314 e. The molecule has 0 unspecified atom stereocenters. The zero-order valence-electron chi connectivity index (χ0n) is 13.9. The average molecular weight is 294 g/mol. The molecular formula is C17H34N4. The van der Waals surface area contributed by atoms with Crippen molar-refractivity contribution in [3.05, 3.63) is 0 Å². The summed E-state index contributed by atoms with van der Waals surface area (Å²) in [5.74, 6) is 0.954. The lowest BCUT2D eigenvalue weighted by Gasteiger charge is -2.42. The SMILES string of the molecule is CCN1CCC(N2CCC(CN3CCNCC3)CC2)CC1. The Labute approximate surface area is 130 Å². The van der Waals surface area contributed by atoms with E-state index in [9.17, 15) is 0 Å². The van der Waals surface area contributed by atoms with Gasteiger partial charge >= 0.3 is 0 Å². The van der Waals surface area contributed by atoms with Gasteiger partial charge in [-0.15, -0.1) is 0 Å². The second-order valence-corrected chi connectivity index (χ2v) is 7.20. The third-order valence-electron chi connectivity index (χ3n) is 5.90. The van der Waals surface area contributed by atoms with E-state index in [1.54, 1.807) is 0 Å². The highest BCUT2D eigenvalue weighted by molar-refractivity contribution is 4.84. The van der Waals surface area contributed by atoms with E-state index >= 15 is 0 Å². The first-order valence-electron chi connectivity index (χ1n) is 9.24. The quantitative estimate of drug-likeness (QED) is 0.838. The van der Waals surface area contributed by atoms with Crippen LogP contribution in [-0.4, -0.2) is 86.2 Å². The Balaban J connectivity index is 1.37. The van der Waals surface area contributed by atoms with Crippen molar-refractivity contribution in [2.24, 2.45) is 5.92 Å². The molecule has 1 N–H and O–H groups in total. The second kappa shape index (κ2) is 7.91. The number of nitrogens with one attached hydrogen (secondary N) is 1. The van der Waals surface area contributed by atoms with E-state index in [4.69, 9.17) is 0 Å². The molecule has 4 nitrogen and oxygen atoms in total. The highest BCUT2D eigenvalue weighted by Gasteiger charge is 2.28. The highest BCUT2D eigenvalue weighted by Crippen LogP contribution is 2.24. The Hall–Kier alpha value is -0.160. The van der Waals surface area contributed by atoms with Crippen molar-refractivity contribution in [2.45, 2.75) is 38.6 Å². The van der Waals surface area contributed by atoms with Crippen molar-refractivity contribution in [1.29, 1.82) is 0 Å². The zero-order chi connectivity index (χ0) is 14.5. The predicted octanol–water partition coefficient (Wildman–Crippen LogP) is 1.09. The standard InChI is InChI=1S/C17H34N4/c1-2-19-9-5-17(6-10-19)21-11-3-16(4-12-21)15-20-13-7-18-8-14-20/h16-18H,2-15H2,1H3. The molecule has 3 aliphatic rings. The van der Waals surface area contributed by atoms with E-state index in [1.807, 2.05) is 0 Å². The average Bonchev–Trinajstić information content (AvgIpc) is 2.57. The molecule has 0 aliphatic carbocycles. The second-order valence-electron chi connectivity index (χ2n) is 7.20. The fourth-order valence-corrected chi connectivity index (χ4v) is 4.36. The molecule has 3 rings (SSSR count). The number of rotatable bonds is 4. The van der Waals surface area contributed by atoms with Crippen LogP contribution in [0.3, 0.4) is 0 Å². The monoisotopic (exact) mass is 294 g/mol. The van der Waals surface area contributed by atoms with E-state index in [0.717, 1.165) is 12.0 Å². The summed E-state index contributed by atoms with van der Waals surface area (Å²) in [5, 5.41) is 3.46. The van der Waals surface area contributed by atoms with E-state index in [1.165, 1.54) is 91.1 Å². The minimum absolute atomic E-state index is 0.882. The van der Waals surface area contributed by atoms with Crippen LogP contribution in [0.25, 0.3) is 0 Å². The van der Waals surface area contributed by atoms with Crippen LogP contribution in [0.5, 0.6) is 0 Å². The molecule has 3 aliphatic heterocycles. The van der Waals surface area contributed by atoms with E-state index in [0.29, 0.717) is 0 Å². The van der Waals surface area contributed by atoms with Gasteiger partial charge in [-0.25, -0.2) is 0 Å². The summed E-state index contributed by atoms with van der Waals surface area (Å²) in [6.45, 7) is 15.1. The van der Waals surface area contributed by atoms with Gasteiger partial charge in [0.25, 0.3) is 0 Å². The molecule has 3 fully saturated rings. The Kier molecular flexibility index (Phi) is 5.92. The fraction of sp³-hybridized carbons (Fsp3) is 1.00. The topological polar surface area (TPSA) is 21.8 Å². The maximum atomic E-state index is 3.46. The largest absolute Gasteiger partial charge is 0.314 e. The molecular weight excluding hydrogens is 260 g/mol. The van der Waals surface area contributed by atoms with Gasteiger partial charge in [-0.2, -0.15) is 0 Å². The lowest BCUT2D eigenvalue weighted by Crippen LogP contribution is -2.50. The molecule has 4 heteroatoms. The van der Waals surface area contributed by atoms with E-state index in [2.05, 4.69) is 26.9 Å². The first kappa shape index (κ1) is 15.7. The van der Waals surface area contributed by atoms with Gasteiger partial charge in [0.2, 0.25) is 0 Å². The summed E-state index contributed by atoms with van der Waals surface area (Å²) >= 11 is 0. The third-order valence-corrected chi connectivity index (χ3v) is 5.90. The van der Waals surface area contributed by atoms with Crippen LogP contribution in [0.2, 0.25) is 0 Å². The Bertz CT molecular complexity index is 287. The van der Waals surface area contributed by atoms with Gasteiger partial charge in [0.15, 0.2) is 0 Å². The zero-order valence-corrected chi connectivity index (χ0v) is 13.9. The van der Waals surface area contributed by atoms with Crippen molar-refractivity contribution < 1.29 is 0 Å². The molecule has 3 saturated heterocycles. The molecule has 0 aromatic heterocycles. The molecule has 3 heterocycles. The number of hydrogen-bond acceptors (Lipinski definition) is 4. The van der Waals surface area contributed by atoms with Crippen LogP contribution < -0.4 is 5.32 Å². The summed E-state index contributed by atoms with van der Waals surface area (Å²) in [5.41, 5.74) is 0. The van der Waals surface area contributed by atoms with E-state index in [-0.39, 0.29) is 0 Å². The lowest BCUT2D eigenvalue weighted by atomic mass is 9.93. The van der Waals surface area contributed by atoms with Crippen molar-refractivity contribution >= 4 is 0 Å². The van der Waals surface area contributed by atoms with Gasteiger partial charge in [-0.3, -0.25) is 0 Å². The van der Waals surface area contributed by atoms with Gasteiger partial charge in [-0.05, 0) is 64.3 Å². The van der Waals surface area contributed by atoms with Gasteiger partial charge in [0.05, 0.1) is 0 Å². The normalized spacial score (nSPS) is 29.0. The predicted molar refractivity (Wildman–Crippen MR) is 88.7 cm³/mol. The molecule has 0 aromatic carbocycles. The Morgan fingerprint density at radius 3 is 2.10 bits per heavy atom. The van der Waals surface area contributed by atoms with Crippen LogP contribution in [0, 0.1) is 5.92 Å². The van der Waals surface area contributed by atoms with Gasteiger partial charge in [0, 0.05) is 38.8 Å². The van der Waals surface area contributed by atoms with Crippen LogP contribution in [-0.2, 0) is 0 Å². The Morgan fingerprint density at radius 2 is 1.48 bits per heavy atom. The van der Waals surface area contributed by atoms with E-state index < -0.39 is 0 Å². The lowest BCUT2D eigenvalue weighted by molar-refractivity contribution is 0.0687. The van der Waals surface area contributed by atoms with Crippen molar-refractivity contribution in [2.75, 3.05) is 65.4 Å². The third kappa shape index (κ3) is 4.41. The molecule has 0 radical (unpaired) electrons. The number of nitrogens with zero attached hydrogens (tertiary/aromatic N) is 3. The van der Waals surface area contributed by atoms with Crippen LogP contribution in [0.15, 0.2) is 0 Å². The first-order chi connectivity index (χ1) is 10.3. The fourth-order valence-electron chi connectivity index (χ4n) is 4.36. The highest BCUT2D eigenvalue weighted by atomic mass is 15.2.